The number of hydrogen-bond donors (Lipinski definition) is 2. The van der Waals surface area contributed by atoms with E-state index >= 15 is 0 Å². The Hall–Kier alpha value is -3.68. The van der Waals surface area contributed by atoms with Crippen molar-refractivity contribution in [3.05, 3.63) is 160 Å². The predicted molar refractivity (Wildman–Crippen MR) is 241 cm³/mol. The number of nitrogens with zero attached hydrogens (tertiary/aromatic N) is 2. The van der Waals surface area contributed by atoms with Crippen LogP contribution < -0.4 is 0 Å². The summed E-state index contributed by atoms with van der Waals surface area (Å²) >= 11 is 53.4. The SMILES string of the molecule is Clc1ccc(-c2c3nc(c(-c4ccc(Cl)cc4Cl)c4ccc([nH]4)c(-c4ccc(Cl)cc4Cl)c4nc(c(-c5ccc(Cl)cc5Cl)c5ccc2[nH]5)C=C4)C=C3)c(Cl)c1.[Mn]. The molecule has 1 radical (unpaired) electrons. The van der Waals surface area contributed by atoms with Gasteiger partial charge in [-0.15, -0.1) is 0 Å². The Labute approximate surface area is 377 Å². The predicted octanol–water partition coefficient (Wildman–Crippen LogP) is 16.5. The molecule has 0 saturated heterocycles. The number of aromatic nitrogens is 4. The molecular weight excluding hydrogens is 923 g/mol. The molecule has 2 N–H and O–H groups in total. The second-order valence-electron chi connectivity index (χ2n) is 13.0. The van der Waals surface area contributed by atoms with E-state index in [1.807, 2.05) is 72.8 Å². The number of hydrogen-bond acceptors (Lipinski definition) is 2. The maximum atomic E-state index is 6.94. The van der Waals surface area contributed by atoms with Gasteiger partial charge < -0.3 is 9.97 Å². The second kappa shape index (κ2) is 16.2. The molecule has 0 spiro atoms. The average Bonchev–Trinajstić information content (AvgIpc) is 3.99. The summed E-state index contributed by atoms with van der Waals surface area (Å²) in [4.78, 5) is 17.9. The molecule has 5 heterocycles. The zero-order chi connectivity index (χ0) is 38.8. The third-order valence-corrected chi connectivity index (χ3v) is 11.7. The molecule has 3 aromatic heterocycles. The summed E-state index contributed by atoms with van der Waals surface area (Å²) in [5.74, 6) is 0. The Morgan fingerprint density at radius 1 is 0.316 bits per heavy atom. The van der Waals surface area contributed by atoms with Crippen LogP contribution in [0.1, 0.15) is 22.8 Å². The fourth-order valence-corrected chi connectivity index (χ4v) is 9.12. The first-order valence-electron chi connectivity index (χ1n) is 17.0. The van der Waals surface area contributed by atoms with Crippen molar-refractivity contribution in [3.8, 4) is 44.5 Å². The smallest absolute Gasteiger partial charge is 0.0737 e. The van der Waals surface area contributed by atoms with Gasteiger partial charge in [-0.1, -0.05) is 117 Å². The number of benzene rings is 4. The fourth-order valence-electron chi connectivity index (χ4n) is 7.11. The number of aromatic amines is 2. The van der Waals surface area contributed by atoms with Gasteiger partial charge >= 0.3 is 0 Å². The minimum atomic E-state index is 0. The zero-order valence-electron chi connectivity index (χ0n) is 28.8. The zero-order valence-corrected chi connectivity index (χ0v) is 36.1. The average molecular weight is 945 g/mol. The molecule has 0 amide bonds. The monoisotopic (exact) mass is 941 g/mol. The molecule has 281 valence electrons. The molecule has 57 heavy (non-hydrogen) atoms. The third kappa shape index (κ3) is 7.57. The number of nitrogens with one attached hydrogen (secondary N) is 2. The molecule has 9 rings (SSSR count). The van der Waals surface area contributed by atoms with Gasteiger partial charge in [0.1, 0.15) is 0 Å². The van der Waals surface area contributed by atoms with Crippen LogP contribution in [0.25, 0.3) is 90.9 Å². The van der Waals surface area contributed by atoms with Crippen molar-refractivity contribution >= 4 is 139 Å². The molecule has 4 aromatic carbocycles. The first-order valence-corrected chi connectivity index (χ1v) is 20.0. The van der Waals surface area contributed by atoms with Gasteiger partial charge in [0.25, 0.3) is 0 Å². The van der Waals surface area contributed by atoms with Gasteiger partial charge in [-0.2, -0.15) is 0 Å². The summed E-state index contributed by atoms with van der Waals surface area (Å²) in [5.41, 5.74) is 11.4. The van der Waals surface area contributed by atoms with E-state index in [-0.39, 0.29) is 17.1 Å². The standard InChI is InChI=1S/C44H22Cl8N4.Mn/c45-21-1-5-25(29(49)17-21)41-33-9-11-35(53-33)42(26-6-2-22(46)18-30(26)50)37-13-15-39(55-37)44(28-8-4-24(48)20-32(28)52)40-16-14-38(56-40)43(36-12-10-34(41)54-36)27-7-3-23(47)19-31(27)51;/h1-20,53,56H;. The van der Waals surface area contributed by atoms with Crippen molar-refractivity contribution in [3.63, 3.8) is 0 Å². The van der Waals surface area contributed by atoms with Crippen molar-refractivity contribution in [1.82, 2.24) is 19.9 Å². The van der Waals surface area contributed by atoms with E-state index in [1.54, 1.807) is 48.5 Å². The first kappa shape index (κ1) is 40.1. The molecule has 0 fully saturated rings. The van der Waals surface area contributed by atoms with Crippen LogP contribution in [0.5, 0.6) is 0 Å². The summed E-state index contributed by atoms with van der Waals surface area (Å²) in [5, 5.41) is 3.86. The summed E-state index contributed by atoms with van der Waals surface area (Å²) in [7, 11) is 0. The molecule has 13 heteroatoms. The van der Waals surface area contributed by atoms with Crippen LogP contribution >= 0.6 is 92.8 Å². The summed E-state index contributed by atoms with van der Waals surface area (Å²) in [6.07, 6.45) is 7.83. The maximum Gasteiger partial charge on any atom is 0.0737 e. The minimum Gasteiger partial charge on any atom is -0.354 e. The number of halogens is 8. The number of rotatable bonds is 4. The summed E-state index contributed by atoms with van der Waals surface area (Å²) in [6.45, 7) is 0. The van der Waals surface area contributed by atoms with E-state index in [0.29, 0.717) is 63.0 Å². The Kier molecular flexibility index (Phi) is 11.4. The van der Waals surface area contributed by atoms with E-state index < -0.39 is 0 Å². The van der Waals surface area contributed by atoms with Crippen LogP contribution in [-0.2, 0) is 17.1 Å². The number of fused-ring (bicyclic) bond motifs is 8. The summed E-state index contributed by atoms with van der Waals surface area (Å²) in [6, 6.07) is 29.5. The van der Waals surface area contributed by atoms with E-state index in [4.69, 9.17) is 103 Å². The van der Waals surface area contributed by atoms with Gasteiger partial charge in [0.15, 0.2) is 0 Å². The molecule has 0 atom stereocenters. The molecule has 0 saturated carbocycles. The van der Waals surface area contributed by atoms with Crippen molar-refractivity contribution in [1.29, 1.82) is 0 Å². The molecule has 8 bridgehead atoms. The largest absolute Gasteiger partial charge is 0.354 e. The van der Waals surface area contributed by atoms with Crippen molar-refractivity contribution < 1.29 is 17.1 Å². The van der Waals surface area contributed by atoms with Crippen molar-refractivity contribution in [2.75, 3.05) is 0 Å². The van der Waals surface area contributed by atoms with E-state index in [2.05, 4.69) is 9.97 Å². The van der Waals surface area contributed by atoms with Gasteiger partial charge in [0, 0.05) is 104 Å². The Morgan fingerprint density at radius 3 is 0.754 bits per heavy atom. The second-order valence-corrected chi connectivity index (χ2v) is 16.4. The van der Waals surface area contributed by atoms with Crippen molar-refractivity contribution in [2.24, 2.45) is 0 Å². The third-order valence-electron chi connectivity index (χ3n) is 9.56. The van der Waals surface area contributed by atoms with E-state index in [9.17, 15) is 0 Å². The van der Waals surface area contributed by atoms with Gasteiger partial charge in [0.2, 0.25) is 0 Å². The van der Waals surface area contributed by atoms with Crippen LogP contribution in [0.2, 0.25) is 40.2 Å². The molecule has 0 unspecified atom stereocenters. The Bertz CT molecular complexity index is 2640. The van der Waals surface area contributed by atoms with Crippen LogP contribution in [0, 0.1) is 0 Å². The molecule has 2 aliphatic rings. The molecular formula is C44H22Cl8MnN4. The fraction of sp³-hybridized carbons (Fsp3) is 0. The van der Waals surface area contributed by atoms with Gasteiger partial charge in [0.05, 0.1) is 42.9 Å². The first-order chi connectivity index (χ1) is 27.0. The number of H-pyrrole nitrogens is 2. The topological polar surface area (TPSA) is 57.4 Å². The summed E-state index contributed by atoms with van der Waals surface area (Å²) < 4.78 is 0. The van der Waals surface area contributed by atoms with E-state index in [0.717, 1.165) is 66.6 Å². The Balaban J connectivity index is 0.00000455. The molecule has 4 nitrogen and oxygen atoms in total. The normalized spacial score (nSPS) is 11.9. The van der Waals surface area contributed by atoms with Crippen LogP contribution in [0.4, 0.5) is 0 Å². The van der Waals surface area contributed by atoms with Crippen LogP contribution in [0.3, 0.4) is 0 Å². The van der Waals surface area contributed by atoms with Gasteiger partial charge in [-0.25, -0.2) is 9.97 Å². The minimum absolute atomic E-state index is 0. The molecule has 0 aliphatic carbocycles. The quantitative estimate of drug-likeness (QED) is 0.173. The van der Waals surface area contributed by atoms with E-state index in [1.165, 1.54) is 0 Å². The van der Waals surface area contributed by atoms with Gasteiger partial charge in [-0.05, 0) is 97.1 Å². The van der Waals surface area contributed by atoms with Crippen LogP contribution in [0.15, 0.2) is 97.1 Å². The maximum absolute atomic E-state index is 6.94. The van der Waals surface area contributed by atoms with Crippen molar-refractivity contribution in [2.45, 2.75) is 0 Å². The Morgan fingerprint density at radius 2 is 0.544 bits per heavy atom. The molecule has 7 aromatic rings. The molecule has 2 aliphatic heterocycles. The van der Waals surface area contributed by atoms with Gasteiger partial charge in [-0.3, -0.25) is 0 Å². The van der Waals surface area contributed by atoms with Crippen LogP contribution in [-0.4, -0.2) is 19.9 Å².